The first kappa shape index (κ1) is 15.5. The quantitative estimate of drug-likeness (QED) is 0.703. The van der Waals surface area contributed by atoms with Crippen molar-refractivity contribution >= 4 is 11.8 Å². The van der Waals surface area contributed by atoms with E-state index in [0.29, 0.717) is 5.41 Å². The molecule has 2 atom stereocenters. The van der Waals surface area contributed by atoms with E-state index in [1.165, 1.54) is 36.1 Å². The van der Waals surface area contributed by atoms with Crippen LogP contribution < -0.4 is 5.01 Å². The molecule has 2 nitrogen and oxygen atoms in total. The Labute approximate surface area is 152 Å². The van der Waals surface area contributed by atoms with E-state index >= 15 is 0 Å². The molecule has 2 heteroatoms. The van der Waals surface area contributed by atoms with E-state index in [2.05, 4.69) is 68.1 Å². The molecule has 4 aliphatic rings. The number of hydrogen-bond acceptors (Lipinski definition) is 2. The van der Waals surface area contributed by atoms with Gasteiger partial charge in [-0.1, -0.05) is 45.1 Å². The maximum absolute atomic E-state index is 2.62. The van der Waals surface area contributed by atoms with Gasteiger partial charge in [-0.05, 0) is 66.7 Å². The van der Waals surface area contributed by atoms with Gasteiger partial charge >= 0.3 is 0 Å². The summed E-state index contributed by atoms with van der Waals surface area (Å²) in [4.78, 5) is 0. The van der Waals surface area contributed by atoms with Crippen molar-refractivity contribution in [2.75, 3.05) is 18.1 Å². The predicted molar refractivity (Wildman–Crippen MR) is 105 cm³/mol. The maximum atomic E-state index is 2.62. The summed E-state index contributed by atoms with van der Waals surface area (Å²) in [6.07, 6.45) is 9.97. The summed E-state index contributed by atoms with van der Waals surface area (Å²) in [7, 11) is 0. The number of allylic oxidation sites excluding steroid dienone is 2. The molecular weight excluding hydrogens is 304 g/mol. The summed E-state index contributed by atoms with van der Waals surface area (Å²) in [6, 6.07) is 6.89. The fraction of sp³-hybridized carbons (Fsp3) is 0.565. The Morgan fingerprint density at radius 3 is 2.84 bits per heavy atom. The molecule has 1 aliphatic heterocycles. The number of nitrogens with zero attached hydrogens (tertiary/aromatic N) is 2. The molecule has 3 aliphatic carbocycles. The largest absolute Gasteiger partial charge is 0.289 e. The number of anilines is 1. The Bertz CT molecular complexity index is 800. The summed E-state index contributed by atoms with van der Waals surface area (Å²) in [6.45, 7) is 11.8. The Hall–Kier alpha value is -1.70. The summed E-state index contributed by atoms with van der Waals surface area (Å²) < 4.78 is 0. The van der Waals surface area contributed by atoms with Crippen LogP contribution in [0.5, 0.6) is 0 Å². The van der Waals surface area contributed by atoms with Crippen molar-refractivity contribution in [3.05, 3.63) is 46.7 Å². The molecule has 1 heterocycles. The molecule has 1 saturated carbocycles. The topological polar surface area (TPSA) is 6.48 Å². The lowest BCUT2D eigenvalue weighted by Crippen LogP contribution is -2.42. The molecule has 0 amide bonds. The summed E-state index contributed by atoms with van der Waals surface area (Å²) in [5.74, 6) is 0.839. The first-order chi connectivity index (χ1) is 11.9. The Morgan fingerprint density at radius 2 is 2.04 bits per heavy atom. The van der Waals surface area contributed by atoms with Crippen molar-refractivity contribution in [3.8, 4) is 0 Å². The maximum Gasteiger partial charge on any atom is 0.0629 e. The number of hydrazine groups is 1. The van der Waals surface area contributed by atoms with E-state index in [0.717, 1.165) is 25.4 Å². The van der Waals surface area contributed by atoms with Gasteiger partial charge in [0.2, 0.25) is 0 Å². The molecule has 0 N–H and O–H groups in total. The molecule has 1 fully saturated rings. The Kier molecular flexibility index (Phi) is 3.07. The first-order valence-corrected chi connectivity index (χ1v) is 10.0. The van der Waals surface area contributed by atoms with Crippen LogP contribution >= 0.6 is 0 Å². The van der Waals surface area contributed by atoms with Gasteiger partial charge < -0.3 is 0 Å². The van der Waals surface area contributed by atoms with E-state index in [4.69, 9.17) is 0 Å². The van der Waals surface area contributed by atoms with E-state index < -0.39 is 0 Å². The molecule has 2 bridgehead atoms. The zero-order chi connectivity index (χ0) is 17.4. The van der Waals surface area contributed by atoms with Crippen molar-refractivity contribution in [1.29, 1.82) is 0 Å². The second-order valence-corrected chi connectivity index (χ2v) is 9.38. The van der Waals surface area contributed by atoms with Gasteiger partial charge in [0.05, 0.1) is 12.2 Å². The third kappa shape index (κ3) is 1.97. The van der Waals surface area contributed by atoms with Gasteiger partial charge in [0, 0.05) is 17.7 Å². The zero-order valence-corrected chi connectivity index (χ0v) is 16.1. The Morgan fingerprint density at radius 1 is 1.20 bits per heavy atom. The monoisotopic (exact) mass is 334 g/mol. The summed E-state index contributed by atoms with van der Waals surface area (Å²) in [5.41, 5.74) is 8.43. The van der Waals surface area contributed by atoms with E-state index in [1.54, 1.807) is 11.3 Å². The first-order valence-electron chi connectivity index (χ1n) is 10.0. The van der Waals surface area contributed by atoms with Crippen LogP contribution in [0.2, 0.25) is 0 Å². The molecule has 25 heavy (non-hydrogen) atoms. The minimum atomic E-state index is 0.204. The van der Waals surface area contributed by atoms with Crippen LogP contribution in [-0.2, 0) is 5.41 Å². The van der Waals surface area contributed by atoms with Crippen LogP contribution in [0.1, 0.15) is 64.5 Å². The van der Waals surface area contributed by atoms with Crippen molar-refractivity contribution in [2.24, 2.45) is 11.3 Å². The van der Waals surface area contributed by atoms with E-state index in [1.807, 2.05) is 0 Å². The lowest BCUT2D eigenvalue weighted by Gasteiger charge is -2.42. The van der Waals surface area contributed by atoms with Gasteiger partial charge in [-0.3, -0.25) is 10.0 Å². The molecule has 0 radical (unpaired) electrons. The van der Waals surface area contributed by atoms with Crippen molar-refractivity contribution in [3.63, 3.8) is 0 Å². The van der Waals surface area contributed by atoms with Gasteiger partial charge in [-0.25, -0.2) is 0 Å². The number of benzene rings is 1. The molecule has 132 valence electrons. The van der Waals surface area contributed by atoms with Gasteiger partial charge in [0.1, 0.15) is 0 Å². The molecule has 0 spiro atoms. The summed E-state index contributed by atoms with van der Waals surface area (Å²) >= 11 is 0. The predicted octanol–water partition coefficient (Wildman–Crippen LogP) is 5.51. The third-order valence-corrected chi connectivity index (χ3v) is 7.23. The normalized spacial score (nSPS) is 31.8. The number of hydrogen-bond donors (Lipinski definition) is 0. The van der Waals surface area contributed by atoms with Gasteiger partial charge in [-0.15, -0.1) is 0 Å². The SMILES string of the molecule is CCN1C2=C(CN1c1cccc3c1C(C)(C)CC=C3)[C@H]1CC[C@]2(C)C1. The molecule has 0 aromatic heterocycles. The van der Waals surface area contributed by atoms with Gasteiger partial charge in [0.25, 0.3) is 0 Å². The number of rotatable bonds is 2. The lowest BCUT2D eigenvalue weighted by atomic mass is 9.75. The van der Waals surface area contributed by atoms with Crippen LogP contribution in [-0.4, -0.2) is 18.1 Å². The lowest BCUT2D eigenvalue weighted by molar-refractivity contribution is 0.260. The molecule has 1 aromatic carbocycles. The molecule has 1 aromatic rings. The van der Waals surface area contributed by atoms with Crippen molar-refractivity contribution in [2.45, 2.75) is 58.8 Å². The minimum absolute atomic E-state index is 0.204. The highest BCUT2D eigenvalue weighted by molar-refractivity contribution is 5.71. The van der Waals surface area contributed by atoms with Crippen LogP contribution in [0.4, 0.5) is 5.69 Å². The zero-order valence-electron chi connectivity index (χ0n) is 16.1. The molecule has 0 saturated heterocycles. The standard InChI is InChI=1S/C23H30N2/c1-5-24-21-18(17-11-13-23(21,4)14-17)15-25(24)19-10-6-8-16-9-7-12-22(2,3)20(16)19/h6-10,17H,5,11-15H2,1-4H3/t17-,23+/m0/s1. The molecular formula is C23H30N2. The van der Waals surface area contributed by atoms with Crippen LogP contribution in [0.25, 0.3) is 6.08 Å². The van der Waals surface area contributed by atoms with E-state index in [9.17, 15) is 0 Å². The number of fused-ring (bicyclic) bond motifs is 5. The fourth-order valence-electron chi connectivity index (χ4n) is 6.16. The highest BCUT2D eigenvalue weighted by Gasteiger charge is 2.53. The smallest absolute Gasteiger partial charge is 0.0629 e. The van der Waals surface area contributed by atoms with Gasteiger partial charge in [-0.2, -0.15) is 0 Å². The van der Waals surface area contributed by atoms with Crippen LogP contribution in [0.3, 0.4) is 0 Å². The minimum Gasteiger partial charge on any atom is -0.289 e. The third-order valence-electron chi connectivity index (χ3n) is 7.23. The van der Waals surface area contributed by atoms with Crippen molar-refractivity contribution < 1.29 is 0 Å². The van der Waals surface area contributed by atoms with Crippen LogP contribution in [0, 0.1) is 11.3 Å². The second-order valence-electron chi connectivity index (χ2n) is 9.38. The van der Waals surface area contributed by atoms with Gasteiger partial charge in [0.15, 0.2) is 0 Å². The average Bonchev–Trinajstić information content (AvgIpc) is 3.22. The highest BCUT2D eigenvalue weighted by atomic mass is 15.7. The van der Waals surface area contributed by atoms with Crippen LogP contribution in [0.15, 0.2) is 35.5 Å². The van der Waals surface area contributed by atoms with E-state index in [-0.39, 0.29) is 5.41 Å². The van der Waals surface area contributed by atoms with Crippen molar-refractivity contribution in [1.82, 2.24) is 5.01 Å². The fourth-order valence-corrected chi connectivity index (χ4v) is 6.16. The highest BCUT2D eigenvalue weighted by Crippen LogP contribution is 2.61. The summed E-state index contributed by atoms with van der Waals surface area (Å²) in [5, 5.41) is 5.23. The Balaban J connectivity index is 1.62. The molecule has 5 rings (SSSR count). The molecule has 0 unspecified atom stereocenters. The average molecular weight is 335 g/mol. The second kappa shape index (κ2) is 4.93.